The zero-order chi connectivity index (χ0) is 16.1. The Bertz CT molecular complexity index is 493. The third-order valence-corrected chi connectivity index (χ3v) is 3.80. The van der Waals surface area contributed by atoms with Crippen LogP contribution in [-0.2, 0) is 16.1 Å². The Kier molecular flexibility index (Phi) is 5.87. The van der Waals surface area contributed by atoms with Crippen molar-refractivity contribution in [2.24, 2.45) is 0 Å². The Labute approximate surface area is 130 Å². The lowest BCUT2D eigenvalue weighted by molar-refractivity contribution is -0.131. The standard InChI is InChI=1S/C14H24N4O4/c1-10-15-14(16-22-10)8-18(11(2)19)12-4-5-17(6-12)7-13(20)9-21-3/h12-13,20H,4-9H2,1-3H3/t12-,13-/m0/s1. The minimum absolute atomic E-state index is 0.00765. The Balaban J connectivity index is 1.91. The minimum atomic E-state index is -0.505. The first-order chi connectivity index (χ1) is 10.5. The molecule has 1 saturated heterocycles. The molecule has 1 aromatic rings. The first kappa shape index (κ1) is 16.9. The second-order valence-corrected chi connectivity index (χ2v) is 5.69. The van der Waals surface area contributed by atoms with Gasteiger partial charge < -0.3 is 19.3 Å². The highest BCUT2D eigenvalue weighted by Gasteiger charge is 2.30. The van der Waals surface area contributed by atoms with E-state index in [1.54, 1.807) is 25.9 Å². The molecule has 0 unspecified atom stereocenters. The summed E-state index contributed by atoms with van der Waals surface area (Å²) in [6.07, 6.45) is 0.366. The van der Waals surface area contributed by atoms with Gasteiger partial charge in [0.25, 0.3) is 0 Å². The van der Waals surface area contributed by atoms with Gasteiger partial charge >= 0.3 is 0 Å². The molecule has 0 aliphatic carbocycles. The first-order valence-electron chi connectivity index (χ1n) is 7.45. The molecule has 22 heavy (non-hydrogen) atoms. The number of aliphatic hydroxyl groups is 1. The molecule has 0 saturated carbocycles. The normalized spacial score (nSPS) is 20.3. The molecule has 2 heterocycles. The van der Waals surface area contributed by atoms with Crippen LogP contribution in [0.5, 0.6) is 0 Å². The number of rotatable bonds is 7. The van der Waals surface area contributed by atoms with Gasteiger partial charge in [-0.1, -0.05) is 5.16 Å². The molecule has 0 aromatic carbocycles. The number of amides is 1. The molecule has 124 valence electrons. The zero-order valence-electron chi connectivity index (χ0n) is 13.4. The zero-order valence-corrected chi connectivity index (χ0v) is 13.4. The van der Waals surface area contributed by atoms with Crippen LogP contribution >= 0.6 is 0 Å². The Morgan fingerprint density at radius 2 is 2.41 bits per heavy atom. The predicted molar refractivity (Wildman–Crippen MR) is 78.0 cm³/mol. The molecule has 8 nitrogen and oxygen atoms in total. The Morgan fingerprint density at radius 3 is 3.00 bits per heavy atom. The summed E-state index contributed by atoms with van der Waals surface area (Å²) in [5.74, 6) is 1.01. The summed E-state index contributed by atoms with van der Waals surface area (Å²) in [7, 11) is 1.57. The lowest BCUT2D eigenvalue weighted by Crippen LogP contribution is -2.41. The Hall–Kier alpha value is -1.51. The fraction of sp³-hybridized carbons (Fsp3) is 0.786. The van der Waals surface area contributed by atoms with Gasteiger partial charge in [0.15, 0.2) is 5.82 Å². The number of aryl methyl sites for hydroxylation is 1. The summed E-state index contributed by atoms with van der Waals surface area (Å²) in [4.78, 5) is 20.0. The summed E-state index contributed by atoms with van der Waals surface area (Å²) in [6, 6.07) is 0.103. The molecule has 0 spiro atoms. The van der Waals surface area contributed by atoms with Crippen LogP contribution in [0.15, 0.2) is 4.52 Å². The van der Waals surface area contributed by atoms with E-state index in [0.717, 1.165) is 19.5 Å². The van der Waals surface area contributed by atoms with Crippen LogP contribution in [-0.4, -0.2) is 76.5 Å². The van der Waals surface area contributed by atoms with E-state index < -0.39 is 6.10 Å². The Morgan fingerprint density at radius 1 is 1.64 bits per heavy atom. The van der Waals surface area contributed by atoms with Gasteiger partial charge in [0, 0.05) is 46.6 Å². The van der Waals surface area contributed by atoms with E-state index >= 15 is 0 Å². The molecule has 2 rings (SSSR count). The highest BCUT2D eigenvalue weighted by Crippen LogP contribution is 2.18. The van der Waals surface area contributed by atoms with E-state index in [9.17, 15) is 9.90 Å². The highest BCUT2D eigenvalue weighted by atomic mass is 16.5. The van der Waals surface area contributed by atoms with Crippen molar-refractivity contribution < 1.29 is 19.2 Å². The van der Waals surface area contributed by atoms with Crippen molar-refractivity contribution in [1.82, 2.24) is 19.9 Å². The van der Waals surface area contributed by atoms with Crippen LogP contribution in [0, 0.1) is 6.92 Å². The number of likely N-dealkylation sites (tertiary alicyclic amines) is 1. The van der Waals surface area contributed by atoms with Crippen molar-refractivity contribution in [2.75, 3.05) is 33.4 Å². The molecular weight excluding hydrogens is 288 g/mol. The van der Waals surface area contributed by atoms with Crippen LogP contribution in [0.1, 0.15) is 25.1 Å². The number of hydrogen-bond acceptors (Lipinski definition) is 7. The highest BCUT2D eigenvalue weighted by molar-refractivity contribution is 5.73. The summed E-state index contributed by atoms with van der Waals surface area (Å²) in [5.41, 5.74) is 0. The number of nitrogens with zero attached hydrogens (tertiary/aromatic N) is 4. The number of aromatic nitrogens is 2. The van der Waals surface area contributed by atoms with Crippen molar-refractivity contribution in [1.29, 1.82) is 0 Å². The fourth-order valence-electron chi connectivity index (χ4n) is 2.83. The second-order valence-electron chi connectivity index (χ2n) is 5.69. The van der Waals surface area contributed by atoms with E-state index in [0.29, 0.717) is 31.4 Å². The number of hydrogen-bond donors (Lipinski definition) is 1. The van der Waals surface area contributed by atoms with Crippen LogP contribution in [0.4, 0.5) is 0 Å². The summed E-state index contributed by atoms with van der Waals surface area (Å²) in [5, 5.41) is 13.7. The minimum Gasteiger partial charge on any atom is -0.389 e. The third kappa shape index (κ3) is 4.49. The molecule has 2 atom stereocenters. The molecule has 1 amide bonds. The van der Waals surface area contributed by atoms with E-state index in [-0.39, 0.29) is 11.9 Å². The number of methoxy groups -OCH3 is 1. The van der Waals surface area contributed by atoms with Crippen LogP contribution in [0.3, 0.4) is 0 Å². The molecule has 1 aromatic heterocycles. The van der Waals surface area contributed by atoms with E-state index in [1.165, 1.54) is 0 Å². The topological polar surface area (TPSA) is 91.9 Å². The van der Waals surface area contributed by atoms with Gasteiger partial charge in [-0.15, -0.1) is 0 Å². The molecule has 1 aliphatic rings. The average molecular weight is 312 g/mol. The molecule has 1 aliphatic heterocycles. The maximum absolute atomic E-state index is 11.9. The van der Waals surface area contributed by atoms with Gasteiger partial charge in [0.1, 0.15) is 0 Å². The number of carbonyl (C=O) groups excluding carboxylic acids is 1. The summed E-state index contributed by atoms with van der Waals surface area (Å²) in [6.45, 7) is 6.08. The molecule has 1 N–H and O–H groups in total. The maximum atomic E-state index is 11.9. The van der Waals surface area contributed by atoms with Gasteiger partial charge in [-0.05, 0) is 6.42 Å². The van der Waals surface area contributed by atoms with Crippen molar-refractivity contribution >= 4 is 5.91 Å². The quantitative estimate of drug-likeness (QED) is 0.746. The van der Waals surface area contributed by atoms with Gasteiger partial charge in [-0.25, -0.2) is 0 Å². The van der Waals surface area contributed by atoms with Gasteiger partial charge in [-0.2, -0.15) is 4.98 Å². The van der Waals surface area contributed by atoms with Gasteiger partial charge in [0.05, 0.1) is 19.3 Å². The number of ether oxygens (including phenoxy) is 1. The van der Waals surface area contributed by atoms with Gasteiger partial charge in [-0.3, -0.25) is 9.69 Å². The van der Waals surface area contributed by atoms with Crippen molar-refractivity contribution in [3.63, 3.8) is 0 Å². The average Bonchev–Trinajstić information content (AvgIpc) is 3.05. The lowest BCUT2D eigenvalue weighted by atomic mass is 10.2. The lowest BCUT2D eigenvalue weighted by Gasteiger charge is -2.27. The van der Waals surface area contributed by atoms with Crippen LogP contribution in [0.25, 0.3) is 0 Å². The molecular formula is C14H24N4O4. The first-order valence-corrected chi connectivity index (χ1v) is 7.45. The number of aliphatic hydroxyl groups excluding tert-OH is 1. The smallest absolute Gasteiger partial charge is 0.223 e. The van der Waals surface area contributed by atoms with Crippen molar-refractivity contribution in [3.8, 4) is 0 Å². The number of carbonyl (C=O) groups is 1. The van der Waals surface area contributed by atoms with E-state index in [2.05, 4.69) is 15.0 Å². The van der Waals surface area contributed by atoms with Crippen molar-refractivity contribution in [3.05, 3.63) is 11.7 Å². The molecule has 8 heteroatoms. The van der Waals surface area contributed by atoms with Crippen LogP contribution in [0.2, 0.25) is 0 Å². The van der Waals surface area contributed by atoms with E-state index in [1.807, 2.05) is 0 Å². The predicted octanol–water partition coefficient (Wildman–Crippen LogP) is -0.192. The van der Waals surface area contributed by atoms with Crippen molar-refractivity contribution in [2.45, 2.75) is 39.0 Å². The third-order valence-electron chi connectivity index (χ3n) is 3.80. The van der Waals surface area contributed by atoms with Crippen LogP contribution < -0.4 is 0 Å². The second kappa shape index (κ2) is 7.66. The SMILES string of the molecule is COC[C@@H](O)CN1CC[C@H](N(Cc2noc(C)n2)C(C)=O)C1. The fourth-order valence-corrected chi connectivity index (χ4v) is 2.83. The largest absolute Gasteiger partial charge is 0.389 e. The summed E-state index contributed by atoms with van der Waals surface area (Å²) >= 11 is 0. The van der Waals surface area contributed by atoms with E-state index in [4.69, 9.17) is 9.26 Å². The molecule has 0 bridgehead atoms. The molecule has 1 fully saturated rings. The molecule has 0 radical (unpaired) electrons. The maximum Gasteiger partial charge on any atom is 0.223 e. The van der Waals surface area contributed by atoms with Gasteiger partial charge in [0.2, 0.25) is 11.8 Å². The number of β-amino-alcohol motifs (C(OH)–C–C–N with tert-alkyl or cyclic N) is 1. The monoisotopic (exact) mass is 312 g/mol. The summed E-state index contributed by atoms with van der Waals surface area (Å²) < 4.78 is 9.89.